The van der Waals surface area contributed by atoms with Crippen LogP contribution < -0.4 is 5.32 Å². The van der Waals surface area contributed by atoms with Crippen molar-refractivity contribution in [2.24, 2.45) is 0 Å². The number of thiazole rings is 1. The summed E-state index contributed by atoms with van der Waals surface area (Å²) in [5.41, 5.74) is 3.25. The van der Waals surface area contributed by atoms with Gasteiger partial charge in [-0.15, -0.1) is 23.1 Å². The van der Waals surface area contributed by atoms with Gasteiger partial charge in [-0.1, -0.05) is 42.8 Å². The van der Waals surface area contributed by atoms with E-state index >= 15 is 0 Å². The number of hydrogen-bond donors (Lipinski definition) is 1. The number of aryl methyl sites for hydroxylation is 1. The van der Waals surface area contributed by atoms with Crippen molar-refractivity contribution < 1.29 is 4.79 Å². The summed E-state index contributed by atoms with van der Waals surface area (Å²) in [6.45, 7) is 3.96. The minimum Gasteiger partial charge on any atom is -0.306 e. The zero-order chi connectivity index (χ0) is 21.1. The number of thioether (sulfide) groups is 1. The third kappa shape index (κ3) is 4.43. The number of anilines is 1. The van der Waals surface area contributed by atoms with E-state index in [1.807, 2.05) is 66.9 Å². The summed E-state index contributed by atoms with van der Waals surface area (Å²) < 4.78 is 1.67. The van der Waals surface area contributed by atoms with E-state index in [0.29, 0.717) is 21.5 Å². The molecule has 1 amide bonds. The quantitative estimate of drug-likeness (QED) is 0.346. The maximum absolute atomic E-state index is 13.0. The summed E-state index contributed by atoms with van der Waals surface area (Å²) in [5.74, 6) is 1.32. The topological polar surface area (TPSA) is 59.8 Å². The van der Waals surface area contributed by atoms with Crippen molar-refractivity contribution in [2.75, 3.05) is 11.1 Å². The van der Waals surface area contributed by atoms with Crippen molar-refractivity contribution in [3.05, 3.63) is 76.3 Å². The Morgan fingerprint density at radius 1 is 1.20 bits per heavy atom. The average molecular weight is 455 g/mol. The number of nitrogens with one attached hydrogen (secondary N) is 1. The van der Waals surface area contributed by atoms with Crippen molar-refractivity contribution in [2.45, 2.75) is 18.7 Å². The second-order valence-electron chi connectivity index (χ2n) is 6.49. The standard InChI is InChI=1S/C22H19ClN4OS2/c1-3-29-19-7-5-4-6-17(19)21(28)25-20-12-14(2)26-27(20)22-24-18(13-30-22)15-8-10-16(23)11-9-15/h4-13H,3H2,1-2H3,(H,25,28). The Balaban J connectivity index is 1.62. The maximum Gasteiger partial charge on any atom is 0.257 e. The fourth-order valence-corrected chi connectivity index (χ4v) is 4.69. The molecule has 2 aromatic carbocycles. The first-order valence-corrected chi connectivity index (χ1v) is 11.6. The molecule has 1 N–H and O–H groups in total. The first-order valence-electron chi connectivity index (χ1n) is 9.37. The van der Waals surface area contributed by atoms with Crippen LogP contribution in [0.3, 0.4) is 0 Å². The molecule has 0 fully saturated rings. The van der Waals surface area contributed by atoms with Gasteiger partial charge in [0.1, 0.15) is 5.82 Å². The number of nitrogens with zero attached hydrogens (tertiary/aromatic N) is 3. The highest BCUT2D eigenvalue weighted by molar-refractivity contribution is 7.99. The van der Waals surface area contributed by atoms with Crippen LogP contribution in [0, 0.1) is 6.92 Å². The van der Waals surface area contributed by atoms with E-state index in [2.05, 4.69) is 17.3 Å². The molecule has 5 nitrogen and oxygen atoms in total. The van der Waals surface area contributed by atoms with Gasteiger partial charge in [-0.2, -0.15) is 9.78 Å². The predicted molar refractivity (Wildman–Crippen MR) is 125 cm³/mol. The molecule has 30 heavy (non-hydrogen) atoms. The van der Waals surface area contributed by atoms with Gasteiger partial charge in [0.15, 0.2) is 0 Å². The van der Waals surface area contributed by atoms with Crippen molar-refractivity contribution in [1.29, 1.82) is 0 Å². The van der Waals surface area contributed by atoms with Crippen molar-refractivity contribution >= 4 is 46.4 Å². The van der Waals surface area contributed by atoms with Gasteiger partial charge in [0.05, 0.1) is 17.0 Å². The molecule has 0 radical (unpaired) electrons. The Morgan fingerprint density at radius 3 is 2.73 bits per heavy atom. The first kappa shape index (κ1) is 20.7. The first-order chi connectivity index (χ1) is 14.5. The molecular weight excluding hydrogens is 436 g/mol. The van der Waals surface area contributed by atoms with E-state index in [0.717, 1.165) is 27.6 Å². The van der Waals surface area contributed by atoms with Crippen LogP contribution >= 0.6 is 34.7 Å². The molecule has 152 valence electrons. The van der Waals surface area contributed by atoms with Gasteiger partial charge in [0, 0.05) is 26.9 Å². The molecule has 0 atom stereocenters. The van der Waals surface area contributed by atoms with E-state index in [1.54, 1.807) is 16.4 Å². The van der Waals surface area contributed by atoms with Gasteiger partial charge < -0.3 is 5.32 Å². The van der Waals surface area contributed by atoms with Gasteiger partial charge in [0.25, 0.3) is 5.91 Å². The minimum absolute atomic E-state index is 0.165. The van der Waals surface area contributed by atoms with Crippen LogP contribution in [-0.4, -0.2) is 26.4 Å². The molecule has 0 aliphatic rings. The number of benzene rings is 2. The van der Waals surface area contributed by atoms with Crippen LogP contribution in [0.15, 0.2) is 64.9 Å². The van der Waals surface area contributed by atoms with Crippen LogP contribution in [0.5, 0.6) is 0 Å². The molecule has 0 spiro atoms. The molecule has 0 aliphatic heterocycles. The third-order valence-electron chi connectivity index (χ3n) is 4.32. The largest absolute Gasteiger partial charge is 0.306 e. The van der Waals surface area contributed by atoms with Gasteiger partial charge in [0.2, 0.25) is 5.13 Å². The Hall–Kier alpha value is -2.61. The van der Waals surface area contributed by atoms with Gasteiger partial charge in [-0.05, 0) is 36.9 Å². The van der Waals surface area contributed by atoms with E-state index in [9.17, 15) is 4.79 Å². The number of amides is 1. The Morgan fingerprint density at radius 2 is 1.97 bits per heavy atom. The molecule has 2 heterocycles. The van der Waals surface area contributed by atoms with Gasteiger partial charge in [-0.3, -0.25) is 4.79 Å². The number of carbonyl (C=O) groups excluding carboxylic acids is 1. The van der Waals surface area contributed by atoms with Crippen LogP contribution in [0.25, 0.3) is 16.4 Å². The number of rotatable bonds is 6. The smallest absolute Gasteiger partial charge is 0.257 e. The van der Waals surface area contributed by atoms with Crippen LogP contribution in [0.1, 0.15) is 23.0 Å². The lowest BCUT2D eigenvalue weighted by Crippen LogP contribution is -2.16. The van der Waals surface area contributed by atoms with Crippen LogP contribution in [0.4, 0.5) is 5.82 Å². The summed E-state index contributed by atoms with van der Waals surface area (Å²) in [5, 5.41) is 10.9. The number of carbonyl (C=O) groups is 1. The van der Waals surface area contributed by atoms with Crippen molar-refractivity contribution in [3.63, 3.8) is 0 Å². The molecule has 0 bridgehead atoms. The summed E-state index contributed by atoms with van der Waals surface area (Å²) >= 11 is 9.09. The summed E-state index contributed by atoms with van der Waals surface area (Å²) in [4.78, 5) is 18.6. The van der Waals surface area contributed by atoms with Gasteiger partial charge >= 0.3 is 0 Å². The van der Waals surface area contributed by atoms with E-state index in [-0.39, 0.29) is 5.91 Å². The van der Waals surface area contributed by atoms with Crippen LogP contribution in [0.2, 0.25) is 5.02 Å². The molecule has 0 unspecified atom stereocenters. The second-order valence-corrected chi connectivity index (χ2v) is 9.07. The predicted octanol–water partition coefficient (Wildman–Crippen LogP) is 6.32. The summed E-state index contributed by atoms with van der Waals surface area (Å²) in [6, 6.07) is 17.0. The van der Waals surface area contributed by atoms with Crippen molar-refractivity contribution in [3.8, 4) is 16.4 Å². The fourth-order valence-electron chi connectivity index (χ4n) is 2.97. The molecular formula is C22H19ClN4OS2. The molecule has 4 aromatic rings. The molecule has 8 heteroatoms. The minimum atomic E-state index is -0.165. The zero-order valence-electron chi connectivity index (χ0n) is 16.4. The Labute approximate surface area is 188 Å². The SMILES string of the molecule is CCSc1ccccc1C(=O)Nc1cc(C)nn1-c1nc(-c2ccc(Cl)cc2)cs1. The highest BCUT2D eigenvalue weighted by atomic mass is 35.5. The average Bonchev–Trinajstić information content (AvgIpc) is 3.36. The molecule has 4 rings (SSSR count). The lowest BCUT2D eigenvalue weighted by molar-refractivity contribution is 0.102. The molecule has 0 aliphatic carbocycles. The van der Waals surface area contributed by atoms with E-state index in [4.69, 9.17) is 16.6 Å². The lowest BCUT2D eigenvalue weighted by atomic mass is 10.2. The van der Waals surface area contributed by atoms with E-state index < -0.39 is 0 Å². The molecule has 2 aromatic heterocycles. The maximum atomic E-state index is 13.0. The molecule has 0 saturated heterocycles. The normalized spacial score (nSPS) is 10.9. The van der Waals surface area contributed by atoms with Gasteiger partial charge in [-0.25, -0.2) is 4.98 Å². The highest BCUT2D eigenvalue weighted by Crippen LogP contribution is 2.28. The number of hydrogen-bond acceptors (Lipinski definition) is 5. The third-order valence-corrected chi connectivity index (χ3v) is 6.34. The van der Waals surface area contributed by atoms with Crippen LogP contribution in [-0.2, 0) is 0 Å². The number of halogens is 1. The van der Waals surface area contributed by atoms with Crippen molar-refractivity contribution in [1.82, 2.24) is 14.8 Å². The second kappa shape index (κ2) is 9.04. The fraction of sp³-hybridized carbons (Fsp3) is 0.136. The van der Waals surface area contributed by atoms with E-state index in [1.165, 1.54) is 11.3 Å². The Kier molecular flexibility index (Phi) is 6.22. The Bertz CT molecular complexity index is 1180. The molecule has 0 saturated carbocycles. The number of aromatic nitrogens is 3. The lowest BCUT2D eigenvalue weighted by Gasteiger charge is -2.10. The highest BCUT2D eigenvalue weighted by Gasteiger charge is 2.17. The summed E-state index contributed by atoms with van der Waals surface area (Å²) in [6.07, 6.45) is 0. The zero-order valence-corrected chi connectivity index (χ0v) is 18.8. The monoisotopic (exact) mass is 454 g/mol. The summed E-state index contributed by atoms with van der Waals surface area (Å²) in [7, 11) is 0.